The van der Waals surface area contributed by atoms with Crippen LogP contribution in [0.5, 0.6) is 0 Å². The Morgan fingerprint density at radius 2 is 0.942 bits per heavy atom. The molecule has 4 heterocycles. The molecule has 12 aromatic rings. The first-order valence-corrected chi connectivity index (χ1v) is 17.7. The topological polar surface area (TPSA) is 36.1 Å². The molecule has 0 radical (unpaired) electrons. The van der Waals surface area contributed by atoms with E-state index in [9.17, 15) is 0 Å². The summed E-state index contributed by atoms with van der Waals surface area (Å²) in [6.45, 7) is 0. The van der Waals surface area contributed by atoms with Crippen LogP contribution in [0, 0.1) is 0 Å². The van der Waals surface area contributed by atoms with Gasteiger partial charge in [0.1, 0.15) is 22.3 Å². The molecule has 242 valence electrons. The quantitative estimate of drug-likeness (QED) is 0.188. The van der Waals surface area contributed by atoms with E-state index < -0.39 is 0 Å². The molecule has 0 amide bonds. The molecule has 8 aromatic carbocycles. The van der Waals surface area contributed by atoms with Crippen LogP contribution in [-0.2, 0) is 0 Å². The Labute approximate surface area is 296 Å². The van der Waals surface area contributed by atoms with Crippen molar-refractivity contribution in [1.29, 1.82) is 0 Å². The highest BCUT2D eigenvalue weighted by atomic mass is 16.3. The number of hydrogen-bond acceptors (Lipinski definition) is 2. The second kappa shape index (κ2) is 10.3. The van der Waals surface area contributed by atoms with E-state index >= 15 is 0 Å². The average molecular weight is 665 g/mol. The Bertz CT molecular complexity index is 3410. The summed E-state index contributed by atoms with van der Waals surface area (Å²) in [5.74, 6) is 0. The van der Waals surface area contributed by atoms with Crippen LogP contribution in [-0.4, -0.2) is 9.13 Å². The summed E-state index contributed by atoms with van der Waals surface area (Å²) in [7, 11) is 0. The average Bonchev–Trinajstić information content (AvgIpc) is 3.94. The molecular formula is C48H28N2O2. The number of aromatic nitrogens is 2. The van der Waals surface area contributed by atoms with E-state index in [2.05, 4.69) is 167 Å². The van der Waals surface area contributed by atoms with Crippen molar-refractivity contribution in [2.24, 2.45) is 0 Å². The van der Waals surface area contributed by atoms with Gasteiger partial charge >= 0.3 is 0 Å². The number of nitrogens with zero attached hydrogens (tertiary/aromatic N) is 2. The van der Waals surface area contributed by atoms with Crippen LogP contribution >= 0.6 is 0 Å². The third-order valence-electron chi connectivity index (χ3n) is 10.9. The molecular weight excluding hydrogens is 637 g/mol. The Morgan fingerprint density at radius 1 is 0.308 bits per heavy atom. The van der Waals surface area contributed by atoms with Gasteiger partial charge in [0.05, 0.1) is 22.1 Å². The fourth-order valence-corrected chi connectivity index (χ4v) is 8.66. The molecule has 0 aliphatic rings. The zero-order valence-corrected chi connectivity index (χ0v) is 27.9. The SMILES string of the molecule is c1ccc(-n2c3ccccc3c3cc(-c4cccc5oc6ccc(-n7c8ccccc8c8cc9c(cc87)oc7ccccc79)cc6c45)ccc32)cc1. The lowest BCUT2D eigenvalue weighted by Crippen LogP contribution is -1.93. The van der Waals surface area contributed by atoms with Gasteiger partial charge < -0.3 is 18.0 Å². The molecule has 4 nitrogen and oxygen atoms in total. The largest absolute Gasteiger partial charge is 0.456 e. The van der Waals surface area contributed by atoms with Crippen LogP contribution in [0.3, 0.4) is 0 Å². The highest BCUT2D eigenvalue weighted by Crippen LogP contribution is 2.42. The van der Waals surface area contributed by atoms with E-state index in [0.29, 0.717) is 0 Å². The molecule has 0 spiro atoms. The third kappa shape index (κ3) is 3.75. The molecule has 0 saturated heterocycles. The van der Waals surface area contributed by atoms with Crippen LogP contribution in [0.25, 0.3) is 110 Å². The van der Waals surface area contributed by atoms with Crippen LogP contribution in [0.4, 0.5) is 0 Å². The summed E-state index contributed by atoms with van der Waals surface area (Å²) in [6, 6.07) is 60.6. The van der Waals surface area contributed by atoms with Crippen molar-refractivity contribution in [1.82, 2.24) is 9.13 Å². The number of furan rings is 2. The molecule has 4 aromatic heterocycles. The fraction of sp³-hybridized carbons (Fsp3) is 0. The Kier molecular flexibility index (Phi) is 5.47. The normalized spacial score (nSPS) is 12.2. The molecule has 0 saturated carbocycles. The molecule has 0 bridgehead atoms. The molecule has 0 atom stereocenters. The van der Waals surface area contributed by atoms with Gasteiger partial charge in [-0.25, -0.2) is 0 Å². The first-order chi connectivity index (χ1) is 25.8. The molecule has 4 heteroatoms. The number of rotatable bonds is 3. The minimum Gasteiger partial charge on any atom is -0.456 e. The van der Waals surface area contributed by atoms with Crippen molar-refractivity contribution >= 4 is 87.5 Å². The number of hydrogen-bond donors (Lipinski definition) is 0. The van der Waals surface area contributed by atoms with E-state index in [1.807, 2.05) is 12.1 Å². The van der Waals surface area contributed by atoms with Crippen molar-refractivity contribution < 1.29 is 8.83 Å². The maximum atomic E-state index is 6.54. The summed E-state index contributed by atoms with van der Waals surface area (Å²) in [4.78, 5) is 0. The lowest BCUT2D eigenvalue weighted by Gasteiger charge is -2.09. The van der Waals surface area contributed by atoms with E-state index in [1.54, 1.807) is 0 Å². The van der Waals surface area contributed by atoms with Gasteiger partial charge in [-0.3, -0.25) is 0 Å². The van der Waals surface area contributed by atoms with Crippen molar-refractivity contribution in [2.45, 2.75) is 0 Å². The molecule has 12 rings (SSSR count). The molecule has 0 unspecified atom stereocenters. The Balaban J connectivity index is 1.10. The third-order valence-corrected chi connectivity index (χ3v) is 10.9. The molecule has 0 N–H and O–H groups in total. The van der Waals surface area contributed by atoms with Gasteiger partial charge in [0.15, 0.2) is 0 Å². The fourth-order valence-electron chi connectivity index (χ4n) is 8.66. The van der Waals surface area contributed by atoms with Crippen LogP contribution < -0.4 is 0 Å². The molecule has 0 aliphatic heterocycles. The second-order valence-corrected chi connectivity index (χ2v) is 13.7. The predicted octanol–water partition coefficient (Wildman–Crippen LogP) is 13.3. The predicted molar refractivity (Wildman–Crippen MR) is 215 cm³/mol. The molecule has 0 aliphatic carbocycles. The van der Waals surface area contributed by atoms with Gasteiger partial charge in [-0.1, -0.05) is 91.0 Å². The Morgan fingerprint density at radius 3 is 1.77 bits per heavy atom. The first-order valence-electron chi connectivity index (χ1n) is 17.7. The van der Waals surface area contributed by atoms with Crippen LogP contribution in [0.15, 0.2) is 179 Å². The van der Waals surface area contributed by atoms with E-state index in [0.717, 1.165) is 77.4 Å². The standard InChI is InChI=1S/C48H28N2O2/c1-2-11-30(12-3-1)49-40-17-7-4-13-33(40)36-25-29(21-23-42(36)49)32-16-10-20-46-48(32)39-26-31(22-24-45(39)51-46)50-41-18-8-5-14-34(41)37-27-38-35-15-6-9-19-44(35)52-47(38)28-43(37)50/h1-28H. The van der Waals surface area contributed by atoms with Crippen molar-refractivity contribution in [3.05, 3.63) is 170 Å². The van der Waals surface area contributed by atoms with Gasteiger partial charge in [-0.15, -0.1) is 0 Å². The van der Waals surface area contributed by atoms with Gasteiger partial charge in [-0.05, 0) is 83.9 Å². The van der Waals surface area contributed by atoms with E-state index in [1.165, 1.54) is 32.6 Å². The minimum atomic E-state index is 0.869. The van der Waals surface area contributed by atoms with Crippen molar-refractivity contribution in [2.75, 3.05) is 0 Å². The van der Waals surface area contributed by atoms with Gasteiger partial charge in [0.2, 0.25) is 0 Å². The van der Waals surface area contributed by atoms with Crippen LogP contribution in [0.1, 0.15) is 0 Å². The highest BCUT2D eigenvalue weighted by Gasteiger charge is 2.20. The number of fused-ring (bicyclic) bond motifs is 12. The number of benzene rings is 8. The van der Waals surface area contributed by atoms with Crippen molar-refractivity contribution in [3.8, 4) is 22.5 Å². The summed E-state index contributed by atoms with van der Waals surface area (Å²) in [5.41, 5.74) is 12.7. The Hall–Kier alpha value is -7.04. The van der Waals surface area contributed by atoms with E-state index in [4.69, 9.17) is 8.83 Å². The summed E-state index contributed by atoms with van der Waals surface area (Å²) in [6.07, 6.45) is 0. The second-order valence-electron chi connectivity index (χ2n) is 13.7. The van der Waals surface area contributed by atoms with Crippen LogP contribution in [0.2, 0.25) is 0 Å². The molecule has 52 heavy (non-hydrogen) atoms. The highest BCUT2D eigenvalue weighted by molar-refractivity contribution is 6.19. The monoisotopic (exact) mass is 664 g/mol. The zero-order valence-electron chi connectivity index (χ0n) is 27.9. The lowest BCUT2D eigenvalue weighted by atomic mass is 9.97. The van der Waals surface area contributed by atoms with E-state index in [-0.39, 0.29) is 0 Å². The summed E-state index contributed by atoms with van der Waals surface area (Å²) in [5, 5.41) is 9.36. The van der Waals surface area contributed by atoms with Crippen molar-refractivity contribution in [3.63, 3.8) is 0 Å². The summed E-state index contributed by atoms with van der Waals surface area (Å²) >= 11 is 0. The number of para-hydroxylation sites is 4. The smallest absolute Gasteiger partial charge is 0.137 e. The maximum absolute atomic E-state index is 6.54. The van der Waals surface area contributed by atoms with Gasteiger partial charge in [0, 0.05) is 60.5 Å². The van der Waals surface area contributed by atoms with Gasteiger partial charge in [-0.2, -0.15) is 0 Å². The lowest BCUT2D eigenvalue weighted by molar-refractivity contribution is 0.668. The maximum Gasteiger partial charge on any atom is 0.137 e. The molecule has 0 fully saturated rings. The van der Waals surface area contributed by atoms with Gasteiger partial charge in [0.25, 0.3) is 0 Å². The first kappa shape index (κ1) is 27.7. The minimum absolute atomic E-state index is 0.869. The zero-order chi connectivity index (χ0) is 33.9. The summed E-state index contributed by atoms with van der Waals surface area (Å²) < 4.78 is 17.7.